The number of anilines is 3. The van der Waals surface area contributed by atoms with Crippen molar-refractivity contribution in [3.8, 4) is 0 Å². The van der Waals surface area contributed by atoms with Gasteiger partial charge in [0.1, 0.15) is 11.7 Å². The van der Waals surface area contributed by atoms with Crippen LogP contribution in [0.3, 0.4) is 0 Å². The predicted molar refractivity (Wildman–Crippen MR) is 146 cm³/mol. The van der Waals surface area contributed by atoms with E-state index in [1.807, 2.05) is 30.3 Å². The minimum atomic E-state index is -0.468. The molecule has 1 unspecified atom stereocenters. The number of likely N-dealkylation sites (N-methyl/N-ethyl adjacent to an activating group) is 1. The second-order valence-electron chi connectivity index (χ2n) is 9.65. The van der Waals surface area contributed by atoms with Crippen LogP contribution in [-0.4, -0.2) is 62.0 Å². The predicted octanol–water partition coefficient (Wildman–Crippen LogP) is 4.12. The summed E-state index contributed by atoms with van der Waals surface area (Å²) in [5.41, 5.74) is 8.26. The molecule has 1 atom stereocenters. The van der Waals surface area contributed by atoms with Crippen LogP contribution in [0.5, 0.6) is 0 Å². The van der Waals surface area contributed by atoms with Gasteiger partial charge < -0.3 is 15.1 Å². The Hall–Kier alpha value is -4.57. The van der Waals surface area contributed by atoms with Crippen molar-refractivity contribution in [2.45, 2.75) is 6.04 Å². The van der Waals surface area contributed by atoms with Crippen LogP contribution in [0.1, 0.15) is 27.5 Å². The number of carbonyl (C=O) groups excluding carboxylic acids is 2. The van der Waals surface area contributed by atoms with E-state index < -0.39 is 12.1 Å². The largest absolute Gasteiger partial charge is 0.369 e. The highest BCUT2D eigenvalue weighted by Gasteiger charge is 2.42. The van der Waals surface area contributed by atoms with E-state index in [1.165, 1.54) is 0 Å². The van der Waals surface area contributed by atoms with Crippen molar-refractivity contribution in [1.29, 1.82) is 0 Å². The lowest BCUT2D eigenvalue weighted by molar-refractivity contribution is 0.103. The van der Waals surface area contributed by atoms with Crippen LogP contribution < -0.4 is 20.7 Å². The molecule has 2 N–H and O–H groups in total. The molecule has 1 aromatic heterocycles. The first-order valence-electron chi connectivity index (χ1n) is 12.6. The van der Waals surface area contributed by atoms with Crippen molar-refractivity contribution in [3.05, 3.63) is 89.3 Å². The SMILES string of the molecule is CN1CCN(c2ccc(C3=C4C(=O)c5c(NC(=O)NN(C)c6cccnc6)cccc5C4N=N3)cc2)CC1. The zero-order valence-corrected chi connectivity index (χ0v) is 21.3. The van der Waals surface area contributed by atoms with Gasteiger partial charge in [0.2, 0.25) is 0 Å². The highest BCUT2D eigenvalue weighted by atomic mass is 16.2. The molecule has 0 spiro atoms. The maximum absolute atomic E-state index is 13.7. The molecule has 1 saturated heterocycles. The molecule has 192 valence electrons. The van der Waals surface area contributed by atoms with E-state index in [4.69, 9.17) is 0 Å². The van der Waals surface area contributed by atoms with Crippen molar-refractivity contribution in [1.82, 2.24) is 15.3 Å². The fourth-order valence-corrected chi connectivity index (χ4v) is 5.12. The molecule has 2 aliphatic heterocycles. The van der Waals surface area contributed by atoms with Crippen LogP contribution in [0.15, 0.2) is 82.8 Å². The number of fused-ring (bicyclic) bond motifs is 3. The maximum Gasteiger partial charge on any atom is 0.338 e. The van der Waals surface area contributed by atoms with E-state index in [-0.39, 0.29) is 5.78 Å². The molecule has 3 aromatic rings. The molecule has 0 radical (unpaired) electrons. The third-order valence-corrected chi connectivity index (χ3v) is 7.22. The summed E-state index contributed by atoms with van der Waals surface area (Å²) in [6.07, 6.45) is 3.30. The number of nitrogens with one attached hydrogen (secondary N) is 2. The number of urea groups is 1. The van der Waals surface area contributed by atoms with Gasteiger partial charge in [-0.3, -0.25) is 14.8 Å². The summed E-state index contributed by atoms with van der Waals surface area (Å²) >= 11 is 0. The van der Waals surface area contributed by atoms with E-state index in [0.717, 1.165) is 48.7 Å². The van der Waals surface area contributed by atoms with Crippen molar-refractivity contribution in [2.24, 2.45) is 10.2 Å². The Kier molecular flexibility index (Phi) is 6.09. The average Bonchev–Trinajstić information content (AvgIpc) is 3.50. The molecule has 10 heteroatoms. The van der Waals surface area contributed by atoms with E-state index in [9.17, 15) is 9.59 Å². The molecular weight excluding hydrogens is 480 g/mol. The number of Topliss-reactive ketones (excluding diaryl/α,β-unsaturated/α-hetero) is 1. The van der Waals surface area contributed by atoms with Crippen LogP contribution in [0.25, 0.3) is 5.70 Å². The Morgan fingerprint density at radius 1 is 1.03 bits per heavy atom. The van der Waals surface area contributed by atoms with Gasteiger partial charge in [0.05, 0.1) is 28.7 Å². The lowest BCUT2D eigenvalue weighted by Crippen LogP contribution is -2.44. The fourth-order valence-electron chi connectivity index (χ4n) is 5.12. The van der Waals surface area contributed by atoms with Crippen molar-refractivity contribution >= 4 is 34.6 Å². The third-order valence-electron chi connectivity index (χ3n) is 7.22. The van der Waals surface area contributed by atoms with Gasteiger partial charge in [-0.05, 0) is 42.9 Å². The molecule has 0 bridgehead atoms. The summed E-state index contributed by atoms with van der Waals surface area (Å²) in [4.78, 5) is 35.2. The van der Waals surface area contributed by atoms with Crippen LogP contribution in [0.2, 0.25) is 0 Å². The smallest absolute Gasteiger partial charge is 0.338 e. The van der Waals surface area contributed by atoms with E-state index in [1.54, 1.807) is 36.6 Å². The van der Waals surface area contributed by atoms with Crippen molar-refractivity contribution in [3.63, 3.8) is 0 Å². The molecule has 10 nitrogen and oxygen atoms in total. The molecular formula is C28H28N8O2. The zero-order valence-electron chi connectivity index (χ0n) is 21.3. The normalized spacial score (nSPS) is 18.4. The summed E-state index contributed by atoms with van der Waals surface area (Å²) < 4.78 is 0. The Morgan fingerprint density at radius 2 is 1.82 bits per heavy atom. The number of ketones is 1. The number of hydrazine groups is 1. The molecule has 3 aliphatic rings. The number of hydrogen-bond acceptors (Lipinski definition) is 8. The lowest BCUT2D eigenvalue weighted by atomic mass is 10.0. The first-order valence-corrected chi connectivity index (χ1v) is 12.6. The highest BCUT2D eigenvalue weighted by molar-refractivity contribution is 6.22. The summed E-state index contributed by atoms with van der Waals surface area (Å²) in [6.45, 7) is 4.04. The van der Waals surface area contributed by atoms with Crippen LogP contribution in [0, 0.1) is 0 Å². The number of nitrogens with zero attached hydrogens (tertiary/aromatic N) is 6. The van der Waals surface area contributed by atoms with Gasteiger partial charge in [0, 0.05) is 50.7 Å². The maximum atomic E-state index is 13.7. The molecule has 38 heavy (non-hydrogen) atoms. The number of piperazine rings is 1. The number of hydrogen-bond donors (Lipinski definition) is 2. The number of rotatable bonds is 5. The first-order chi connectivity index (χ1) is 18.5. The number of pyridine rings is 1. The first kappa shape index (κ1) is 23.8. The zero-order chi connectivity index (χ0) is 26.2. The van der Waals surface area contributed by atoms with Gasteiger partial charge in [-0.2, -0.15) is 10.2 Å². The van der Waals surface area contributed by atoms with Crippen LogP contribution in [0.4, 0.5) is 21.9 Å². The monoisotopic (exact) mass is 508 g/mol. The third kappa shape index (κ3) is 4.28. The van der Waals surface area contributed by atoms with Crippen LogP contribution >= 0.6 is 0 Å². The molecule has 2 aromatic carbocycles. The summed E-state index contributed by atoms with van der Waals surface area (Å²) in [6, 6.07) is 16.3. The molecule has 3 heterocycles. The number of amides is 2. The lowest BCUT2D eigenvalue weighted by Gasteiger charge is -2.34. The Morgan fingerprint density at radius 3 is 2.55 bits per heavy atom. The minimum absolute atomic E-state index is 0.162. The fraction of sp³-hybridized carbons (Fsp3) is 0.250. The minimum Gasteiger partial charge on any atom is -0.369 e. The Bertz CT molecular complexity index is 1440. The summed E-state index contributed by atoms with van der Waals surface area (Å²) in [5, 5.41) is 13.2. The number of carbonyl (C=O) groups is 2. The second-order valence-corrected chi connectivity index (χ2v) is 9.65. The van der Waals surface area contributed by atoms with Gasteiger partial charge >= 0.3 is 6.03 Å². The molecule has 1 aliphatic carbocycles. The Balaban J connectivity index is 1.22. The number of benzene rings is 2. The van der Waals surface area contributed by atoms with Gasteiger partial charge in [0.25, 0.3) is 0 Å². The standard InChI is InChI=1S/C28H28N8O2/c1-34-13-15-36(16-14-34)19-10-8-18(9-11-19)25-24-26(32-31-25)21-6-3-7-22(23(21)27(24)37)30-28(38)33-35(2)20-5-4-12-29-17-20/h3-12,17,26H,13-16H2,1-2H3,(H2,30,33,38). The number of azo groups is 1. The van der Waals surface area contributed by atoms with E-state index in [0.29, 0.717) is 22.5 Å². The molecule has 1 fully saturated rings. The average molecular weight is 509 g/mol. The van der Waals surface area contributed by atoms with Crippen molar-refractivity contribution < 1.29 is 9.59 Å². The topological polar surface area (TPSA) is 106 Å². The quantitative estimate of drug-likeness (QED) is 0.503. The van der Waals surface area contributed by atoms with Gasteiger partial charge in [0.15, 0.2) is 5.78 Å². The molecule has 0 saturated carbocycles. The molecule has 6 rings (SSSR count). The van der Waals surface area contributed by atoms with Crippen molar-refractivity contribution in [2.75, 3.05) is 55.5 Å². The molecule has 2 amide bonds. The second kappa shape index (κ2) is 9.71. The van der Waals surface area contributed by atoms with E-state index in [2.05, 4.69) is 54.9 Å². The number of aromatic nitrogens is 1. The van der Waals surface area contributed by atoms with Gasteiger partial charge in [-0.15, -0.1) is 0 Å². The highest BCUT2D eigenvalue weighted by Crippen LogP contribution is 2.49. The van der Waals surface area contributed by atoms with E-state index >= 15 is 0 Å². The van der Waals surface area contributed by atoms with Gasteiger partial charge in [-0.1, -0.05) is 24.3 Å². The Labute approximate surface area is 220 Å². The van der Waals surface area contributed by atoms with Crippen LogP contribution in [-0.2, 0) is 0 Å². The summed E-state index contributed by atoms with van der Waals surface area (Å²) in [5.74, 6) is -0.162. The van der Waals surface area contributed by atoms with Gasteiger partial charge in [-0.25, -0.2) is 10.2 Å². The summed E-state index contributed by atoms with van der Waals surface area (Å²) in [7, 11) is 3.86.